The molecule has 3 unspecified atom stereocenters. The number of aliphatic carboxylic acids is 1. The molecule has 0 aliphatic carbocycles. The maximum absolute atomic E-state index is 10.8. The van der Waals surface area contributed by atoms with E-state index in [0.29, 0.717) is 10.7 Å². The lowest BCUT2D eigenvalue weighted by atomic mass is 9.96. The van der Waals surface area contributed by atoms with Crippen molar-refractivity contribution in [2.24, 2.45) is 5.92 Å². The van der Waals surface area contributed by atoms with E-state index in [1.165, 1.54) is 19.3 Å². The molecule has 116 valence electrons. The predicted octanol–water partition coefficient (Wildman–Crippen LogP) is 4.12. The second kappa shape index (κ2) is 6.99. The fraction of sp³-hybridized carbons (Fsp3) is 0.812. The highest BCUT2D eigenvalue weighted by atomic mass is 32.2. The van der Waals surface area contributed by atoms with Gasteiger partial charge in [-0.05, 0) is 31.9 Å². The minimum Gasteiger partial charge on any atom is -0.479 e. The largest absolute Gasteiger partial charge is 0.479 e. The van der Waals surface area contributed by atoms with Gasteiger partial charge in [-0.25, -0.2) is 4.79 Å². The van der Waals surface area contributed by atoms with E-state index in [4.69, 9.17) is 9.84 Å². The second-order valence-electron chi connectivity index (χ2n) is 6.62. The molecule has 1 fully saturated rings. The molecule has 1 rings (SSSR count). The van der Waals surface area contributed by atoms with E-state index in [0.717, 1.165) is 6.42 Å². The number of rotatable bonds is 9. The number of hydrogen-bond donors (Lipinski definition) is 1. The molecular formula is C16H28O3S. The molecule has 0 spiro atoms. The average Bonchev–Trinajstić information content (AvgIpc) is 3.02. The molecule has 0 saturated carbocycles. The van der Waals surface area contributed by atoms with Crippen molar-refractivity contribution < 1.29 is 14.6 Å². The molecule has 3 nitrogen and oxygen atoms in total. The standard InChI is InChI=1S/C16H28O3S/c1-12(8-6-10-15(2,3)20-5)9-7-11-16(4)13(19-16)14(17)18/h7,11-13H,6,8-10H2,1-5H3,(H,17,18)/b11-7+. The summed E-state index contributed by atoms with van der Waals surface area (Å²) in [4.78, 5) is 10.8. The van der Waals surface area contributed by atoms with Gasteiger partial charge < -0.3 is 9.84 Å². The monoisotopic (exact) mass is 300 g/mol. The molecule has 1 N–H and O–H groups in total. The van der Waals surface area contributed by atoms with Crippen LogP contribution in [0.5, 0.6) is 0 Å². The van der Waals surface area contributed by atoms with Crippen LogP contribution >= 0.6 is 11.8 Å². The number of thioether (sulfide) groups is 1. The van der Waals surface area contributed by atoms with Gasteiger partial charge in [0.15, 0.2) is 6.10 Å². The summed E-state index contributed by atoms with van der Waals surface area (Å²) in [7, 11) is 0. The van der Waals surface area contributed by atoms with Gasteiger partial charge in [0.05, 0.1) is 0 Å². The highest BCUT2D eigenvalue weighted by Gasteiger charge is 2.55. The van der Waals surface area contributed by atoms with Gasteiger partial charge in [0.25, 0.3) is 0 Å². The van der Waals surface area contributed by atoms with Crippen LogP contribution in [0.1, 0.15) is 53.4 Å². The van der Waals surface area contributed by atoms with Gasteiger partial charge in [-0.15, -0.1) is 0 Å². The van der Waals surface area contributed by atoms with Gasteiger partial charge >= 0.3 is 5.97 Å². The molecule has 1 aliphatic rings. The van der Waals surface area contributed by atoms with Gasteiger partial charge in [-0.3, -0.25) is 0 Å². The van der Waals surface area contributed by atoms with Crippen LogP contribution in [0.25, 0.3) is 0 Å². The third-order valence-electron chi connectivity index (χ3n) is 4.08. The summed E-state index contributed by atoms with van der Waals surface area (Å²) in [6.45, 7) is 8.66. The van der Waals surface area contributed by atoms with Gasteiger partial charge in [0, 0.05) is 4.75 Å². The minimum atomic E-state index is -0.871. The van der Waals surface area contributed by atoms with Crippen LogP contribution < -0.4 is 0 Å². The Morgan fingerprint density at radius 2 is 2.20 bits per heavy atom. The van der Waals surface area contributed by atoms with E-state index in [1.807, 2.05) is 24.8 Å². The zero-order chi connectivity index (χ0) is 15.4. The molecule has 0 aromatic heterocycles. The molecule has 4 heteroatoms. The van der Waals surface area contributed by atoms with E-state index in [1.54, 1.807) is 0 Å². The van der Waals surface area contributed by atoms with E-state index in [-0.39, 0.29) is 0 Å². The number of carboxylic acids is 1. The molecule has 20 heavy (non-hydrogen) atoms. The summed E-state index contributed by atoms with van der Waals surface area (Å²) in [6, 6.07) is 0. The number of epoxide rings is 1. The smallest absolute Gasteiger partial charge is 0.336 e. The van der Waals surface area contributed by atoms with Crippen molar-refractivity contribution in [2.75, 3.05) is 6.26 Å². The number of allylic oxidation sites excluding steroid dienone is 1. The van der Waals surface area contributed by atoms with E-state index >= 15 is 0 Å². The Balaban J connectivity index is 2.21. The minimum absolute atomic E-state index is 0.375. The normalized spacial score (nSPS) is 27.8. The van der Waals surface area contributed by atoms with Crippen molar-refractivity contribution in [2.45, 2.75) is 69.8 Å². The lowest BCUT2D eigenvalue weighted by molar-refractivity contribution is -0.138. The third kappa shape index (κ3) is 5.49. The second-order valence-corrected chi connectivity index (χ2v) is 8.13. The first kappa shape index (κ1) is 17.6. The molecule has 1 saturated heterocycles. The molecule has 0 radical (unpaired) electrons. The van der Waals surface area contributed by atoms with Crippen LogP contribution in [0, 0.1) is 5.92 Å². The first-order valence-corrected chi connectivity index (χ1v) is 8.56. The Morgan fingerprint density at radius 1 is 1.55 bits per heavy atom. The quantitative estimate of drug-likeness (QED) is 0.514. The predicted molar refractivity (Wildman–Crippen MR) is 85.3 cm³/mol. The number of ether oxygens (including phenoxy) is 1. The van der Waals surface area contributed by atoms with Crippen LogP contribution in [-0.4, -0.2) is 33.8 Å². The topological polar surface area (TPSA) is 49.8 Å². The van der Waals surface area contributed by atoms with Gasteiger partial charge in [-0.2, -0.15) is 11.8 Å². The Bertz CT molecular complexity index is 365. The molecule has 0 amide bonds. The summed E-state index contributed by atoms with van der Waals surface area (Å²) >= 11 is 1.93. The summed E-state index contributed by atoms with van der Waals surface area (Å²) < 4.78 is 5.57. The van der Waals surface area contributed by atoms with Crippen molar-refractivity contribution in [1.29, 1.82) is 0 Å². The Labute approximate surface area is 127 Å². The Morgan fingerprint density at radius 3 is 2.70 bits per heavy atom. The van der Waals surface area contributed by atoms with E-state index in [2.05, 4.69) is 33.1 Å². The van der Waals surface area contributed by atoms with Crippen molar-refractivity contribution in [3.8, 4) is 0 Å². The summed E-state index contributed by atoms with van der Waals surface area (Å²) in [6.07, 6.45) is 10.2. The van der Waals surface area contributed by atoms with E-state index in [9.17, 15) is 4.79 Å². The highest BCUT2D eigenvalue weighted by molar-refractivity contribution is 7.99. The highest BCUT2D eigenvalue weighted by Crippen LogP contribution is 2.38. The third-order valence-corrected chi connectivity index (χ3v) is 5.38. The molecular weight excluding hydrogens is 272 g/mol. The van der Waals surface area contributed by atoms with Crippen LogP contribution in [0.15, 0.2) is 12.2 Å². The maximum atomic E-state index is 10.8. The van der Waals surface area contributed by atoms with Gasteiger partial charge in [0.1, 0.15) is 5.60 Å². The molecule has 3 atom stereocenters. The van der Waals surface area contributed by atoms with E-state index < -0.39 is 17.7 Å². The van der Waals surface area contributed by atoms with Crippen LogP contribution in [-0.2, 0) is 9.53 Å². The van der Waals surface area contributed by atoms with Crippen molar-refractivity contribution >= 4 is 17.7 Å². The first-order valence-electron chi connectivity index (χ1n) is 7.33. The zero-order valence-corrected chi connectivity index (χ0v) is 14.1. The van der Waals surface area contributed by atoms with Gasteiger partial charge in [-0.1, -0.05) is 45.8 Å². The number of carbonyl (C=O) groups is 1. The van der Waals surface area contributed by atoms with Crippen LogP contribution in [0.4, 0.5) is 0 Å². The number of hydrogen-bond acceptors (Lipinski definition) is 3. The fourth-order valence-corrected chi connectivity index (χ4v) is 2.62. The molecule has 1 heterocycles. The summed E-state index contributed by atoms with van der Waals surface area (Å²) in [5.41, 5.74) is -0.577. The van der Waals surface area contributed by atoms with Crippen LogP contribution in [0.2, 0.25) is 0 Å². The van der Waals surface area contributed by atoms with Crippen LogP contribution in [0.3, 0.4) is 0 Å². The molecule has 0 bridgehead atoms. The SMILES string of the molecule is CSC(C)(C)CCCC(C)C/C=C/C1(C)OC1C(=O)O. The average molecular weight is 300 g/mol. The summed E-state index contributed by atoms with van der Waals surface area (Å²) in [5.74, 6) is -0.237. The van der Waals surface area contributed by atoms with Crippen molar-refractivity contribution in [3.05, 3.63) is 12.2 Å². The Kier molecular flexibility index (Phi) is 6.14. The lowest BCUT2D eigenvalue weighted by Crippen LogP contribution is -2.14. The lowest BCUT2D eigenvalue weighted by Gasteiger charge is -2.22. The van der Waals surface area contributed by atoms with Gasteiger partial charge in [0.2, 0.25) is 0 Å². The molecule has 0 aromatic carbocycles. The molecule has 1 aliphatic heterocycles. The van der Waals surface area contributed by atoms with Crippen molar-refractivity contribution in [3.63, 3.8) is 0 Å². The maximum Gasteiger partial charge on any atom is 0.336 e. The number of carboxylic acid groups (broad SMARTS) is 1. The Hall–Kier alpha value is -0.480. The first-order chi connectivity index (χ1) is 9.20. The summed E-state index contributed by atoms with van der Waals surface area (Å²) in [5, 5.41) is 8.85. The zero-order valence-electron chi connectivity index (χ0n) is 13.3. The fourth-order valence-electron chi connectivity index (χ4n) is 2.27. The molecule has 0 aromatic rings. The van der Waals surface area contributed by atoms with Crippen molar-refractivity contribution in [1.82, 2.24) is 0 Å².